The molecule has 0 radical (unpaired) electrons. The van der Waals surface area contributed by atoms with Gasteiger partial charge in [0, 0.05) is 54.4 Å². The van der Waals surface area contributed by atoms with Gasteiger partial charge in [-0.3, -0.25) is 14.5 Å². The molecule has 0 aromatic heterocycles. The van der Waals surface area contributed by atoms with Gasteiger partial charge in [-0.25, -0.2) is 0 Å². The van der Waals surface area contributed by atoms with Crippen LogP contribution < -0.4 is 4.90 Å². The van der Waals surface area contributed by atoms with Crippen LogP contribution >= 0.6 is 11.6 Å². The van der Waals surface area contributed by atoms with E-state index in [1.165, 1.54) is 0 Å². The summed E-state index contributed by atoms with van der Waals surface area (Å²) in [5.41, 5.74) is 4.39. The Bertz CT molecular complexity index is 1350. The number of hydrogen-bond donors (Lipinski definition) is 0. The van der Waals surface area contributed by atoms with Crippen LogP contribution in [0.2, 0.25) is 5.02 Å². The lowest BCUT2D eigenvalue weighted by Crippen LogP contribution is -2.50. The van der Waals surface area contributed by atoms with Crippen LogP contribution in [0.5, 0.6) is 0 Å². The molecule has 1 saturated heterocycles. The number of carbonyl (C=O) groups is 2. The molecule has 0 bridgehead atoms. The van der Waals surface area contributed by atoms with Gasteiger partial charge in [0.2, 0.25) is 5.91 Å². The Morgan fingerprint density at radius 3 is 2.43 bits per heavy atom. The summed E-state index contributed by atoms with van der Waals surface area (Å²) in [5.74, 6) is 0.371. The number of anilines is 1. The van der Waals surface area contributed by atoms with E-state index in [1.54, 1.807) is 0 Å². The average Bonchev–Trinajstić information content (AvgIpc) is 3.63. The Morgan fingerprint density at radius 1 is 0.973 bits per heavy atom. The molecule has 2 amide bonds. The third kappa shape index (κ3) is 4.14. The second-order valence-corrected chi connectivity index (χ2v) is 11.2. The molecule has 2 fully saturated rings. The molecule has 1 unspecified atom stereocenters. The van der Waals surface area contributed by atoms with E-state index in [4.69, 9.17) is 11.6 Å². The molecule has 3 aromatic rings. The van der Waals surface area contributed by atoms with E-state index in [0.29, 0.717) is 23.2 Å². The fraction of sp³-hybridized carbons (Fsp3) is 0.355. The van der Waals surface area contributed by atoms with Gasteiger partial charge < -0.3 is 9.80 Å². The Hall–Kier alpha value is -3.15. The smallest absolute Gasteiger partial charge is 0.253 e. The van der Waals surface area contributed by atoms with Crippen LogP contribution in [0, 0.1) is 0 Å². The molecule has 1 spiro atoms. The normalized spacial score (nSPS) is 23.1. The fourth-order valence-electron chi connectivity index (χ4n) is 6.21. The maximum Gasteiger partial charge on any atom is 0.253 e. The minimum atomic E-state index is -0.506. The maximum absolute atomic E-state index is 14.0. The van der Waals surface area contributed by atoms with Crippen molar-refractivity contribution in [3.8, 4) is 0 Å². The zero-order valence-corrected chi connectivity index (χ0v) is 22.1. The summed E-state index contributed by atoms with van der Waals surface area (Å²) >= 11 is 6.11. The number of fused-ring (bicyclic) bond motifs is 2. The lowest BCUT2D eigenvalue weighted by Gasteiger charge is -2.37. The van der Waals surface area contributed by atoms with Crippen LogP contribution in [0.4, 0.5) is 5.69 Å². The van der Waals surface area contributed by atoms with Gasteiger partial charge in [0.15, 0.2) is 0 Å². The second kappa shape index (κ2) is 9.30. The zero-order chi connectivity index (χ0) is 25.7. The van der Waals surface area contributed by atoms with E-state index in [-0.39, 0.29) is 17.7 Å². The highest BCUT2D eigenvalue weighted by molar-refractivity contribution is 6.30. The van der Waals surface area contributed by atoms with Gasteiger partial charge >= 0.3 is 0 Å². The van der Waals surface area contributed by atoms with Gasteiger partial charge in [-0.1, -0.05) is 54.1 Å². The molecule has 37 heavy (non-hydrogen) atoms. The largest absolute Gasteiger partial charge is 0.336 e. The van der Waals surface area contributed by atoms with E-state index in [9.17, 15) is 9.59 Å². The molecule has 1 aliphatic carbocycles. The average molecular weight is 514 g/mol. The second-order valence-electron chi connectivity index (χ2n) is 10.8. The molecule has 2 heterocycles. The van der Waals surface area contributed by atoms with Crippen molar-refractivity contribution < 1.29 is 9.59 Å². The molecule has 2 atom stereocenters. The minimum Gasteiger partial charge on any atom is -0.336 e. The number of benzene rings is 3. The summed E-state index contributed by atoms with van der Waals surface area (Å²) in [6, 6.07) is 24.3. The molecular weight excluding hydrogens is 482 g/mol. The summed E-state index contributed by atoms with van der Waals surface area (Å²) in [5, 5.41) is 0.703. The molecule has 3 aromatic carbocycles. The van der Waals surface area contributed by atoms with Crippen molar-refractivity contribution in [3.05, 3.63) is 100 Å². The van der Waals surface area contributed by atoms with E-state index >= 15 is 0 Å². The molecule has 0 N–H and O–H groups in total. The van der Waals surface area contributed by atoms with Gasteiger partial charge in [0.25, 0.3) is 5.91 Å². The topological polar surface area (TPSA) is 43.9 Å². The molecule has 5 nitrogen and oxygen atoms in total. The quantitative estimate of drug-likeness (QED) is 0.454. The van der Waals surface area contributed by atoms with Crippen LogP contribution in [0.15, 0.2) is 72.8 Å². The van der Waals surface area contributed by atoms with E-state index < -0.39 is 5.41 Å². The fourth-order valence-corrected chi connectivity index (χ4v) is 6.34. The Morgan fingerprint density at radius 2 is 1.70 bits per heavy atom. The highest BCUT2D eigenvalue weighted by atomic mass is 35.5. The number of para-hydroxylation sites is 1. The summed E-state index contributed by atoms with van der Waals surface area (Å²) in [7, 11) is 0. The predicted molar refractivity (Wildman–Crippen MR) is 147 cm³/mol. The molecular formula is C31H32ClN3O2. The van der Waals surface area contributed by atoms with Crippen LogP contribution in [0.3, 0.4) is 0 Å². The molecule has 2 aliphatic heterocycles. The third-order valence-electron chi connectivity index (χ3n) is 8.38. The molecule has 6 heteroatoms. The Balaban J connectivity index is 1.22. The summed E-state index contributed by atoms with van der Waals surface area (Å²) in [6.07, 6.45) is 0.807. The van der Waals surface area contributed by atoms with Crippen molar-refractivity contribution in [1.29, 1.82) is 0 Å². The van der Waals surface area contributed by atoms with Gasteiger partial charge in [-0.05, 0) is 67.3 Å². The molecule has 190 valence electrons. The molecule has 6 rings (SSSR count). The van der Waals surface area contributed by atoms with E-state index in [0.717, 1.165) is 55.0 Å². The first kappa shape index (κ1) is 24.2. The van der Waals surface area contributed by atoms with E-state index in [2.05, 4.69) is 24.8 Å². The van der Waals surface area contributed by atoms with Crippen LogP contribution in [-0.4, -0.2) is 53.8 Å². The van der Waals surface area contributed by atoms with Crippen molar-refractivity contribution in [2.45, 2.75) is 44.2 Å². The molecule has 1 saturated carbocycles. The SMILES string of the molecule is CC(C)N1CCN(C(=O)c2cccc(CN3C(=O)[C@]4(CC4c4ccc(Cl)cc4)c4ccccc43)c2)CC1. The van der Waals surface area contributed by atoms with Crippen molar-refractivity contribution in [1.82, 2.24) is 9.80 Å². The van der Waals surface area contributed by atoms with Gasteiger partial charge in [0.1, 0.15) is 0 Å². The number of rotatable bonds is 5. The minimum absolute atomic E-state index is 0.0693. The number of piperazine rings is 1. The van der Waals surface area contributed by atoms with Crippen molar-refractivity contribution in [2.24, 2.45) is 0 Å². The zero-order valence-electron chi connectivity index (χ0n) is 21.4. The predicted octanol–water partition coefficient (Wildman–Crippen LogP) is 5.48. The van der Waals surface area contributed by atoms with Gasteiger partial charge in [-0.2, -0.15) is 0 Å². The van der Waals surface area contributed by atoms with Crippen LogP contribution in [0.1, 0.15) is 53.2 Å². The third-order valence-corrected chi connectivity index (χ3v) is 8.63. The van der Waals surface area contributed by atoms with Crippen molar-refractivity contribution in [2.75, 3.05) is 31.1 Å². The van der Waals surface area contributed by atoms with Crippen molar-refractivity contribution >= 4 is 29.1 Å². The lowest BCUT2D eigenvalue weighted by atomic mass is 9.92. The summed E-state index contributed by atoms with van der Waals surface area (Å²) < 4.78 is 0. The van der Waals surface area contributed by atoms with Gasteiger partial charge in [-0.15, -0.1) is 0 Å². The highest BCUT2D eigenvalue weighted by Gasteiger charge is 2.67. The number of carbonyl (C=O) groups excluding carboxylic acids is 2. The summed E-state index contributed by atoms with van der Waals surface area (Å²) in [4.78, 5) is 33.5. The first-order valence-corrected chi connectivity index (χ1v) is 13.6. The van der Waals surface area contributed by atoms with Gasteiger partial charge in [0.05, 0.1) is 12.0 Å². The lowest BCUT2D eigenvalue weighted by molar-refractivity contribution is -0.120. The van der Waals surface area contributed by atoms with Crippen LogP contribution in [0.25, 0.3) is 0 Å². The number of halogens is 1. The summed E-state index contributed by atoms with van der Waals surface area (Å²) in [6.45, 7) is 8.14. The standard InChI is InChI=1S/C31H32ClN3O2/c1-21(2)33-14-16-34(17-15-33)29(36)24-7-5-6-22(18-24)20-35-28-9-4-3-8-26(28)31(30(35)37)19-27(31)23-10-12-25(32)13-11-23/h3-13,18,21,27H,14-17,19-20H2,1-2H3/t27?,31-/m1/s1. The maximum atomic E-state index is 14.0. The Kier molecular flexibility index (Phi) is 6.09. The first-order valence-electron chi connectivity index (χ1n) is 13.2. The number of hydrogen-bond acceptors (Lipinski definition) is 3. The number of amides is 2. The monoisotopic (exact) mass is 513 g/mol. The molecule has 3 aliphatic rings. The van der Waals surface area contributed by atoms with E-state index in [1.807, 2.05) is 76.5 Å². The van der Waals surface area contributed by atoms with Crippen molar-refractivity contribution in [3.63, 3.8) is 0 Å². The number of nitrogens with zero attached hydrogens (tertiary/aromatic N) is 3. The Labute approximate surface area is 223 Å². The first-order chi connectivity index (χ1) is 17.9. The highest BCUT2D eigenvalue weighted by Crippen LogP contribution is 2.66. The van der Waals surface area contributed by atoms with Crippen LogP contribution in [-0.2, 0) is 16.8 Å².